The van der Waals surface area contributed by atoms with Crippen LogP contribution in [0.3, 0.4) is 0 Å². The van der Waals surface area contributed by atoms with E-state index in [0.29, 0.717) is 23.0 Å². The number of fused-ring (bicyclic) bond motifs is 1. The number of rotatable bonds is 4. The van der Waals surface area contributed by atoms with Crippen LogP contribution in [0.2, 0.25) is 0 Å². The van der Waals surface area contributed by atoms with Gasteiger partial charge in [0.15, 0.2) is 11.5 Å². The van der Waals surface area contributed by atoms with Gasteiger partial charge in [0, 0.05) is 35.8 Å². The zero-order chi connectivity index (χ0) is 19.7. The standard InChI is InChI=1S/C23H26N2O3/c1-15-4-6-19-18(12-15)13-20(24-19)16-8-10-25(11-9-16)23(26)17-5-7-21(27-2)22(14-17)28-3/h4-7,12-14,16,24H,8-11H2,1-3H3. The fourth-order valence-electron chi connectivity index (χ4n) is 4.04. The van der Waals surface area contributed by atoms with Gasteiger partial charge in [0.25, 0.3) is 5.91 Å². The molecule has 0 radical (unpaired) electrons. The second kappa shape index (κ2) is 7.58. The summed E-state index contributed by atoms with van der Waals surface area (Å²) in [5, 5.41) is 1.26. The topological polar surface area (TPSA) is 54.6 Å². The van der Waals surface area contributed by atoms with Crippen LogP contribution in [0, 0.1) is 6.92 Å². The number of amides is 1. The number of hydrogen-bond donors (Lipinski definition) is 1. The van der Waals surface area contributed by atoms with Crippen molar-refractivity contribution in [2.24, 2.45) is 0 Å². The minimum atomic E-state index is 0.0478. The molecule has 5 heteroatoms. The number of hydrogen-bond acceptors (Lipinski definition) is 3. The predicted molar refractivity (Wildman–Crippen MR) is 110 cm³/mol. The van der Waals surface area contributed by atoms with Gasteiger partial charge in [0.05, 0.1) is 14.2 Å². The first kappa shape index (κ1) is 18.4. The van der Waals surface area contributed by atoms with Crippen LogP contribution in [0.5, 0.6) is 11.5 Å². The number of benzene rings is 2. The molecular weight excluding hydrogens is 352 g/mol. The summed E-state index contributed by atoms with van der Waals surface area (Å²) in [6.07, 6.45) is 1.93. The molecule has 1 aromatic heterocycles. The van der Waals surface area contributed by atoms with Gasteiger partial charge in [-0.2, -0.15) is 0 Å². The van der Waals surface area contributed by atoms with Crippen molar-refractivity contribution in [2.75, 3.05) is 27.3 Å². The van der Waals surface area contributed by atoms with E-state index in [4.69, 9.17) is 9.47 Å². The van der Waals surface area contributed by atoms with E-state index >= 15 is 0 Å². The largest absolute Gasteiger partial charge is 0.493 e. The van der Waals surface area contributed by atoms with Gasteiger partial charge in [0.2, 0.25) is 0 Å². The smallest absolute Gasteiger partial charge is 0.253 e. The first-order valence-corrected chi connectivity index (χ1v) is 9.69. The minimum absolute atomic E-state index is 0.0478. The number of carbonyl (C=O) groups excluding carboxylic acids is 1. The number of nitrogens with zero attached hydrogens (tertiary/aromatic N) is 1. The Morgan fingerprint density at radius 1 is 1.00 bits per heavy atom. The molecule has 1 amide bonds. The molecule has 1 fully saturated rings. The number of nitrogens with one attached hydrogen (secondary N) is 1. The SMILES string of the molecule is COc1ccc(C(=O)N2CCC(c3cc4cc(C)ccc4[nH]3)CC2)cc1OC. The summed E-state index contributed by atoms with van der Waals surface area (Å²) in [6, 6.07) is 14.1. The zero-order valence-corrected chi connectivity index (χ0v) is 16.6. The molecule has 0 atom stereocenters. The summed E-state index contributed by atoms with van der Waals surface area (Å²) in [6.45, 7) is 3.63. The number of methoxy groups -OCH3 is 2. The fourth-order valence-corrected chi connectivity index (χ4v) is 4.04. The van der Waals surface area contributed by atoms with Crippen LogP contribution in [-0.4, -0.2) is 43.1 Å². The van der Waals surface area contributed by atoms with Crippen molar-refractivity contribution >= 4 is 16.8 Å². The lowest BCUT2D eigenvalue weighted by molar-refractivity contribution is 0.0712. The van der Waals surface area contributed by atoms with E-state index in [1.165, 1.54) is 22.2 Å². The summed E-state index contributed by atoms with van der Waals surface area (Å²) in [5.74, 6) is 1.72. The Bertz CT molecular complexity index is 1000. The summed E-state index contributed by atoms with van der Waals surface area (Å²) < 4.78 is 10.6. The van der Waals surface area contributed by atoms with Crippen molar-refractivity contribution < 1.29 is 14.3 Å². The molecule has 4 rings (SSSR count). The monoisotopic (exact) mass is 378 g/mol. The second-order valence-electron chi connectivity index (χ2n) is 7.45. The molecule has 1 aliphatic rings. The van der Waals surface area contributed by atoms with Crippen LogP contribution < -0.4 is 9.47 Å². The Kier molecular flexibility index (Phi) is 4.99. The van der Waals surface area contributed by atoms with Crippen LogP contribution in [0.25, 0.3) is 10.9 Å². The van der Waals surface area contributed by atoms with Gasteiger partial charge in [0.1, 0.15) is 0 Å². The third kappa shape index (κ3) is 3.44. The molecule has 3 aromatic rings. The van der Waals surface area contributed by atoms with Crippen molar-refractivity contribution in [1.82, 2.24) is 9.88 Å². The number of piperidine rings is 1. The molecule has 5 nitrogen and oxygen atoms in total. The first-order valence-electron chi connectivity index (χ1n) is 9.69. The Labute approximate surface area is 165 Å². The van der Waals surface area contributed by atoms with Gasteiger partial charge in [-0.1, -0.05) is 11.6 Å². The molecule has 1 N–H and O–H groups in total. The number of aromatic amines is 1. The molecule has 146 valence electrons. The van der Waals surface area contributed by atoms with Crippen molar-refractivity contribution in [1.29, 1.82) is 0 Å². The van der Waals surface area contributed by atoms with Crippen LogP contribution in [0.15, 0.2) is 42.5 Å². The lowest BCUT2D eigenvalue weighted by Gasteiger charge is -2.31. The fraction of sp³-hybridized carbons (Fsp3) is 0.348. The average Bonchev–Trinajstić information content (AvgIpc) is 3.16. The maximum Gasteiger partial charge on any atom is 0.253 e. The highest BCUT2D eigenvalue weighted by Crippen LogP contribution is 2.32. The third-order valence-electron chi connectivity index (χ3n) is 5.65. The lowest BCUT2D eigenvalue weighted by Crippen LogP contribution is -2.38. The van der Waals surface area contributed by atoms with Gasteiger partial charge in [-0.3, -0.25) is 4.79 Å². The summed E-state index contributed by atoms with van der Waals surface area (Å²) in [5.41, 5.74) is 4.37. The molecule has 0 aliphatic carbocycles. The molecule has 2 heterocycles. The van der Waals surface area contributed by atoms with Crippen molar-refractivity contribution in [3.63, 3.8) is 0 Å². The molecule has 0 saturated carbocycles. The molecule has 0 spiro atoms. The Balaban J connectivity index is 1.45. The molecule has 1 saturated heterocycles. The molecule has 2 aromatic carbocycles. The molecule has 0 unspecified atom stereocenters. The zero-order valence-electron chi connectivity index (χ0n) is 16.6. The van der Waals surface area contributed by atoms with Gasteiger partial charge in [-0.05, 0) is 61.5 Å². The maximum absolute atomic E-state index is 12.9. The lowest BCUT2D eigenvalue weighted by atomic mass is 9.93. The van der Waals surface area contributed by atoms with E-state index in [1.54, 1.807) is 32.4 Å². The third-order valence-corrected chi connectivity index (χ3v) is 5.65. The van der Waals surface area contributed by atoms with Crippen molar-refractivity contribution in [3.05, 3.63) is 59.3 Å². The normalized spacial score (nSPS) is 15.0. The summed E-state index contributed by atoms with van der Waals surface area (Å²) in [7, 11) is 3.18. The quantitative estimate of drug-likeness (QED) is 0.727. The van der Waals surface area contributed by atoms with Gasteiger partial charge >= 0.3 is 0 Å². The average molecular weight is 378 g/mol. The highest BCUT2D eigenvalue weighted by molar-refractivity contribution is 5.95. The molecule has 0 bridgehead atoms. The molecule has 28 heavy (non-hydrogen) atoms. The number of H-pyrrole nitrogens is 1. The molecule has 1 aliphatic heterocycles. The number of aromatic nitrogens is 1. The van der Waals surface area contributed by atoms with Crippen LogP contribution >= 0.6 is 0 Å². The van der Waals surface area contributed by atoms with Crippen molar-refractivity contribution in [2.45, 2.75) is 25.7 Å². The van der Waals surface area contributed by atoms with Crippen LogP contribution in [0.1, 0.15) is 40.4 Å². The Morgan fingerprint density at radius 2 is 1.75 bits per heavy atom. The van der Waals surface area contributed by atoms with Gasteiger partial charge in [-0.25, -0.2) is 0 Å². The van der Waals surface area contributed by atoms with Crippen molar-refractivity contribution in [3.8, 4) is 11.5 Å². The van der Waals surface area contributed by atoms with E-state index in [9.17, 15) is 4.79 Å². The van der Waals surface area contributed by atoms with E-state index < -0.39 is 0 Å². The van der Waals surface area contributed by atoms with E-state index in [1.807, 2.05) is 4.90 Å². The van der Waals surface area contributed by atoms with Gasteiger partial charge < -0.3 is 19.4 Å². The summed E-state index contributed by atoms with van der Waals surface area (Å²) in [4.78, 5) is 18.4. The van der Waals surface area contributed by atoms with Crippen LogP contribution in [0.4, 0.5) is 0 Å². The van der Waals surface area contributed by atoms with Gasteiger partial charge in [-0.15, -0.1) is 0 Å². The highest BCUT2D eigenvalue weighted by Gasteiger charge is 2.26. The predicted octanol–water partition coefficient (Wildman–Crippen LogP) is 4.51. The van der Waals surface area contributed by atoms with E-state index in [-0.39, 0.29) is 5.91 Å². The number of carbonyl (C=O) groups is 1. The number of ether oxygens (including phenoxy) is 2. The first-order chi connectivity index (χ1) is 13.6. The Hall–Kier alpha value is -2.95. The van der Waals surface area contributed by atoms with E-state index in [2.05, 4.69) is 36.2 Å². The Morgan fingerprint density at radius 3 is 2.46 bits per heavy atom. The maximum atomic E-state index is 12.9. The number of likely N-dealkylation sites (tertiary alicyclic amines) is 1. The van der Waals surface area contributed by atoms with Crippen LogP contribution in [-0.2, 0) is 0 Å². The van der Waals surface area contributed by atoms with E-state index in [0.717, 1.165) is 25.9 Å². The summed E-state index contributed by atoms with van der Waals surface area (Å²) >= 11 is 0. The highest BCUT2D eigenvalue weighted by atomic mass is 16.5. The minimum Gasteiger partial charge on any atom is -0.493 e. The number of aryl methyl sites for hydroxylation is 1. The molecular formula is C23H26N2O3. The second-order valence-corrected chi connectivity index (χ2v) is 7.45.